The smallest absolute Gasteiger partial charge is 0.251 e. The molecular formula is C23H17FN2O. The minimum atomic E-state index is -0.357. The quantitative estimate of drug-likeness (QED) is 0.762. The largest absolute Gasteiger partial charge is 0.349 e. The van der Waals surface area contributed by atoms with Gasteiger partial charge in [-0.3, -0.25) is 4.79 Å². The number of nitrogens with zero attached hydrogens (tertiary/aromatic N) is 1. The molecule has 0 aliphatic heterocycles. The van der Waals surface area contributed by atoms with Crippen molar-refractivity contribution < 1.29 is 9.18 Å². The number of hydrogen-bond donors (Lipinski definition) is 1. The van der Waals surface area contributed by atoms with Gasteiger partial charge >= 0.3 is 0 Å². The van der Waals surface area contributed by atoms with E-state index in [2.05, 4.69) is 23.5 Å². The lowest BCUT2D eigenvalue weighted by atomic mass is 9.96. The van der Waals surface area contributed by atoms with Crippen LogP contribution in [0.1, 0.15) is 27.0 Å². The van der Waals surface area contributed by atoms with Crippen LogP contribution in [0.2, 0.25) is 0 Å². The van der Waals surface area contributed by atoms with Crippen LogP contribution < -0.4 is 5.32 Å². The van der Waals surface area contributed by atoms with E-state index < -0.39 is 0 Å². The summed E-state index contributed by atoms with van der Waals surface area (Å²) >= 11 is 0. The Morgan fingerprint density at radius 3 is 2.59 bits per heavy atom. The van der Waals surface area contributed by atoms with E-state index >= 15 is 0 Å². The lowest BCUT2D eigenvalue weighted by Crippen LogP contribution is -2.35. The molecule has 0 heterocycles. The molecule has 0 fully saturated rings. The second-order valence-electron chi connectivity index (χ2n) is 6.72. The number of nitriles is 1. The summed E-state index contributed by atoms with van der Waals surface area (Å²) in [5, 5.41) is 12.2. The minimum Gasteiger partial charge on any atom is -0.349 e. The predicted octanol–water partition coefficient (Wildman–Crippen LogP) is 4.26. The standard InChI is InChI=1S/C23H17FN2O/c24-19-9-7-16(8-10-19)23(27)26-20-12-18-5-2-6-21(22(18)13-20)17-4-1-3-15(11-17)14-25/h1-11,20H,12-13H2,(H,26,27). The second-order valence-corrected chi connectivity index (χ2v) is 6.72. The Hall–Kier alpha value is -3.45. The number of carbonyl (C=O) groups is 1. The van der Waals surface area contributed by atoms with Gasteiger partial charge in [-0.25, -0.2) is 4.39 Å². The molecule has 1 N–H and O–H groups in total. The fraction of sp³-hybridized carbons (Fsp3) is 0.130. The summed E-state index contributed by atoms with van der Waals surface area (Å²) < 4.78 is 13.0. The summed E-state index contributed by atoms with van der Waals surface area (Å²) in [6.07, 6.45) is 1.49. The van der Waals surface area contributed by atoms with Crippen LogP contribution in [-0.2, 0) is 12.8 Å². The van der Waals surface area contributed by atoms with Crippen molar-refractivity contribution in [1.82, 2.24) is 5.32 Å². The average molecular weight is 356 g/mol. The third-order valence-corrected chi connectivity index (χ3v) is 4.93. The highest BCUT2D eigenvalue weighted by Gasteiger charge is 2.25. The summed E-state index contributed by atoms with van der Waals surface area (Å²) in [5.41, 5.74) is 5.61. The maximum atomic E-state index is 13.0. The molecule has 1 aliphatic carbocycles. The summed E-state index contributed by atoms with van der Waals surface area (Å²) in [6.45, 7) is 0. The van der Waals surface area contributed by atoms with Crippen molar-refractivity contribution in [3.05, 3.63) is 94.8 Å². The van der Waals surface area contributed by atoms with Crippen LogP contribution in [-0.4, -0.2) is 11.9 Å². The van der Waals surface area contributed by atoms with Gasteiger partial charge in [-0.05, 0) is 71.5 Å². The summed E-state index contributed by atoms with van der Waals surface area (Å²) in [6, 6.07) is 21.5. The van der Waals surface area contributed by atoms with Gasteiger partial charge in [0.1, 0.15) is 5.82 Å². The molecule has 3 aromatic rings. The molecule has 1 atom stereocenters. The van der Waals surface area contributed by atoms with E-state index in [4.69, 9.17) is 5.26 Å². The van der Waals surface area contributed by atoms with E-state index in [0.29, 0.717) is 11.1 Å². The number of amides is 1. The molecular weight excluding hydrogens is 339 g/mol. The van der Waals surface area contributed by atoms with E-state index in [1.807, 2.05) is 24.3 Å². The van der Waals surface area contributed by atoms with Gasteiger partial charge in [-0.1, -0.05) is 30.3 Å². The summed E-state index contributed by atoms with van der Waals surface area (Å²) in [7, 11) is 0. The number of hydrogen-bond acceptors (Lipinski definition) is 2. The van der Waals surface area contributed by atoms with Crippen LogP contribution in [0.4, 0.5) is 4.39 Å². The second kappa shape index (κ2) is 7.05. The molecule has 132 valence electrons. The van der Waals surface area contributed by atoms with Crippen LogP contribution in [0.15, 0.2) is 66.7 Å². The highest BCUT2D eigenvalue weighted by molar-refractivity contribution is 5.94. The first-order chi connectivity index (χ1) is 13.1. The Bertz CT molecular complexity index is 1050. The van der Waals surface area contributed by atoms with Crippen LogP contribution in [0, 0.1) is 17.1 Å². The van der Waals surface area contributed by atoms with Crippen LogP contribution in [0.3, 0.4) is 0 Å². The van der Waals surface area contributed by atoms with E-state index in [9.17, 15) is 9.18 Å². The number of halogens is 1. The van der Waals surface area contributed by atoms with Crippen molar-refractivity contribution in [2.45, 2.75) is 18.9 Å². The molecule has 1 aliphatic rings. The van der Waals surface area contributed by atoms with Gasteiger partial charge in [0.25, 0.3) is 5.91 Å². The van der Waals surface area contributed by atoms with E-state index in [-0.39, 0.29) is 17.8 Å². The Balaban J connectivity index is 1.56. The third-order valence-electron chi connectivity index (χ3n) is 4.93. The van der Waals surface area contributed by atoms with Crippen molar-refractivity contribution in [3.8, 4) is 17.2 Å². The number of nitrogens with one attached hydrogen (secondary N) is 1. The fourth-order valence-corrected chi connectivity index (χ4v) is 3.65. The molecule has 3 aromatic carbocycles. The molecule has 0 saturated heterocycles. The zero-order chi connectivity index (χ0) is 18.8. The van der Waals surface area contributed by atoms with Gasteiger partial charge in [0.2, 0.25) is 0 Å². The van der Waals surface area contributed by atoms with Crippen molar-refractivity contribution in [3.63, 3.8) is 0 Å². The van der Waals surface area contributed by atoms with E-state index in [1.165, 1.54) is 35.4 Å². The maximum absolute atomic E-state index is 13.0. The third kappa shape index (κ3) is 3.45. The van der Waals surface area contributed by atoms with Gasteiger partial charge in [-0.2, -0.15) is 5.26 Å². The number of rotatable bonds is 3. The van der Waals surface area contributed by atoms with Crippen LogP contribution in [0.25, 0.3) is 11.1 Å². The van der Waals surface area contributed by atoms with Crippen molar-refractivity contribution in [2.24, 2.45) is 0 Å². The first kappa shape index (κ1) is 17.0. The zero-order valence-corrected chi connectivity index (χ0v) is 14.6. The highest BCUT2D eigenvalue weighted by Crippen LogP contribution is 2.33. The predicted molar refractivity (Wildman–Crippen MR) is 102 cm³/mol. The maximum Gasteiger partial charge on any atom is 0.251 e. The SMILES string of the molecule is N#Cc1cccc(-c2cccc3c2CC(NC(=O)c2ccc(F)cc2)C3)c1. The van der Waals surface area contributed by atoms with Gasteiger partial charge in [0.15, 0.2) is 0 Å². The van der Waals surface area contributed by atoms with Gasteiger partial charge in [0, 0.05) is 11.6 Å². The van der Waals surface area contributed by atoms with E-state index in [0.717, 1.165) is 24.0 Å². The highest BCUT2D eigenvalue weighted by atomic mass is 19.1. The van der Waals surface area contributed by atoms with Crippen LogP contribution in [0.5, 0.6) is 0 Å². The van der Waals surface area contributed by atoms with E-state index in [1.54, 1.807) is 6.07 Å². The number of carbonyl (C=O) groups excluding carboxylic acids is 1. The Morgan fingerprint density at radius 2 is 1.81 bits per heavy atom. The molecule has 4 heteroatoms. The molecule has 0 spiro atoms. The Labute approximate surface area is 157 Å². The molecule has 0 radical (unpaired) electrons. The Kier molecular flexibility index (Phi) is 4.43. The molecule has 1 unspecified atom stereocenters. The summed E-state index contributed by atoms with van der Waals surface area (Å²) in [4.78, 5) is 12.4. The van der Waals surface area contributed by atoms with Gasteiger partial charge < -0.3 is 5.32 Å². The lowest BCUT2D eigenvalue weighted by Gasteiger charge is -2.12. The Morgan fingerprint density at radius 1 is 1.04 bits per heavy atom. The number of benzene rings is 3. The summed E-state index contributed by atoms with van der Waals surface area (Å²) in [5.74, 6) is -0.551. The van der Waals surface area contributed by atoms with Crippen molar-refractivity contribution in [2.75, 3.05) is 0 Å². The molecule has 0 bridgehead atoms. The monoisotopic (exact) mass is 356 g/mol. The number of fused-ring (bicyclic) bond motifs is 1. The van der Waals surface area contributed by atoms with Gasteiger partial charge in [0.05, 0.1) is 11.6 Å². The molecule has 1 amide bonds. The first-order valence-corrected chi connectivity index (χ1v) is 8.82. The van der Waals surface area contributed by atoms with Gasteiger partial charge in [-0.15, -0.1) is 0 Å². The average Bonchev–Trinajstić information content (AvgIpc) is 3.10. The van der Waals surface area contributed by atoms with Crippen molar-refractivity contribution in [1.29, 1.82) is 5.26 Å². The van der Waals surface area contributed by atoms with Crippen LogP contribution >= 0.6 is 0 Å². The molecule has 0 saturated carbocycles. The molecule has 27 heavy (non-hydrogen) atoms. The zero-order valence-electron chi connectivity index (χ0n) is 14.6. The lowest BCUT2D eigenvalue weighted by molar-refractivity contribution is 0.0938. The molecule has 4 rings (SSSR count). The first-order valence-electron chi connectivity index (χ1n) is 8.82. The molecule has 3 nitrogen and oxygen atoms in total. The fourth-order valence-electron chi connectivity index (χ4n) is 3.65. The normalized spacial score (nSPS) is 15.0. The molecule has 0 aromatic heterocycles. The van der Waals surface area contributed by atoms with Crippen molar-refractivity contribution >= 4 is 5.91 Å². The topological polar surface area (TPSA) is 52.9 Å². The minimum absolute atomic E-state index is 0.00199.